The first kappa shape index (κ1) is 13.3. The number of nitrogens with one attached hydrogen (secondary N) is 1. The zero-order valence-electron chi connectivity index (χ0n) is 11.6. The van der Waals surface area contributed by atoms with Crippen molar-refractivity contribution in [2.75, 3.05) is 19.6 Å². The zero-order valence-corrected chi connectivity index (χ0v) is 11.6. The molecule has 0 spiro atoms. The van der Waals surface area contributed by atoms with Crippen molar-refractivity contribution in [3.63, 3.8) is 0 Å². The van der Waals surface area contributed by atoms with Gasteiger partial charge in [0, 0.05) is 25.2 Å². The van der Waals surface area contributed by atoms with Crippen LogP contribution < -0.4 is 5.32 Å². The van der Waals surface area contributed by atoms with E-state index in [1.807, 2.05) is 0 Å². The Morgan fingerprint density at radius 1 is 1.18 bits per heavy atom. The van der Waals surface area contributed by atoms with Crippen LogP contribution in [-0.4, -0.2) is 48.8 Å². The summed E-state index contributed by atoms with van der Waals surface area (Å²) >= 11 is 0. The summed E-state index contributed by atoms with van der Waals surface area (Å²) in [6.07, 6.45) is 6.24. The molecule has 2 aliphatic rings. The molecule has 0 aromatic rings. The Hall–Kier alpha value is -0.120. The van der Waals surface area contributed by atoms with Crippen molar-refractivity contribution in [3.05, 3.63) is 0 Å². The normalized spacial score (nSPS) is 40.4. The van der Waals surface area contributed by atoms with Crippen LogP contribution >= 0.6 is 0 Å². The Morgan fingerprint density at radius 3 is 2.53 bits per heavy atom. The molecule has 2 rings (SSSR count). The maximum atomic E-state index is 5.82. The predicted octanol–water partition coefficient (Wildman–Crippen LogP) is 2.02. The molecule has 1 saturated heterocycles. The third kappa shape index (κ3) is 3.67. The minimum atomic E-state index is 0.401. The van der Waals surface area contributed by atoms with E-state index in [1.54, 1.807) is 0 Å². The van der Waals surface area contributed by atoms with Crippen molar-refractivity contribution < 1.29 is 4.74 Å². The highest BCUT2D eigenvalue weighted by molar-refractivity contribution is 4.87. The molecule has 2 unspecified atom stereocenters. The standard InChI is InChI=1S/C14H28N2O/c1-4-15-13-6-5-7-14(8-13)16-9-11(2)17-12(3)10-16/h11-15H,4-10H2,1-3H3/t11-,12+,13?,14?. The van der Waals surface area contributed by atoms with Gasteiger partial charge in [-0.1, -0.05) is 13.3 Å². The topological polar surface area (TPSA) is 24.5 Å². The van der Waals surface area contributed by atoms with E-state index in [0.29, 0.717) is 12.2 Å². The summed E-state index contributed by atoms with van der Waals surface area (Å²) in [5.74, 6) is 0. The van der Waals surface area contributed by atoms with Crippen LogP contribution in [0.3, 0.4) is 0 Å². The molecular formula is C14H28N2O. The fraction of sp³-hybridized carbons (Fsp3) is 1.00. The first-order valence-corrected chi connectivity index (χ1v) is 7.32. The van der Waals surface area contributed by atoms with E-state index >= 15 is 0 Å². The molecule has 1 heterocycles. The van der Waals surface area contributed by atoms with E-state index < -0.39 is 0 Å². The summed E-state index contributed by atoms with van der Waals surface area (Å²) in [6.45, 7) is 9.96. The SMILES string of the molecule is CCNC1CCCC(N2C[C@@H](C)O[C@@H](C)C2)C1. The molecule has 0 radical (unpaired) electrons. The summed E-state index contributed by atoms with van der Waals surface area (Å²) < 4.78 is 5.82. The average molecular weight is 240 g/mol. The summed E-state index contributed by atoms with van der Waals surface area (Å²) in [5.41, 5.74) is 0. The van der Waals surface area contributed by atoms with Gasteiger partial charge in [-0.25, -0.2) is 0 Å². The molecule has 0 bridgehead atoms. The monoisotopic (exact) mass is 240 g/mol. The summed E-state index contributed by atoms with van der Waals surface area (Å²) in [6, 6.07) is 1.52. The zero-order chi connectivity index (χ0) is 12.3. The predicted molar refractivity (Wildman–Crippen MR) is 71.3 cm³/mol. The van der Waals surface area contributed by atoms with Gasteiger partial charge in [0.05, 0.1) is 12.2 Å². The number of nitrogens with zero attached hydrogens (tertiary/aromatic N) is 1. The molecule has 4 atom stereocenters. The highest BCUT2D eigenvalue weighted by Gasteiger charge is 2.31. The van der Waals surface area contributed by atoms with Gasteiger partial charge in [-0.2, -0.15) is 0 Å². The van der Waals surface area contributed by atoms with Crippen molar-refractivity contribution in [2.24, 2.45) is 0 Å². The van der Waals surface area contributed by atoms with Crippen molar-refractivity contribution in [2.45, 2.75) is 70.7 Å². The van der Waals surface area contributed by atoms with Gasteiger partial charge in [-0.15, -0.1) is 0 Å². The Morgan fingerprint density at radius 2 is 1.88 bits per heavy atom. The number of hydrogen-bond donors (Lipinski definition) is 1. The van der Waals surface area contributed by atoms with Crippen molar-refractivity contribution in [1.29, 1.82) is 0 Å². The number of ether oxygens (including phenoxy) is 1. The molecule has 0 aromatic heterocycles. The van der Waals surface area contributed by atoms with E-state index in [-0.39, 0.29) is 0 Å². The molecule has 17 heavy (non-hydrogen) atoms. The second kappa shape index (κ2) is 6.17. The van der Waals surface area contributed by atoms with Crippen molar-refractivity contribution in [3.8, 4) is 0 Å². The minimum Gasteiger partial charge on any atom is -0.373 e. The van der Waals surface area contributed by atoms with Crippen LogP contribution in [-0.2, 0) is 4.74 Å². The van der Waals surface area contributed by atoms with Gasteiger partial charge in [0.25, 0.3) is 0 Å². The summed E-state index contributed by atoms with van der Waals surface area (Å²) in [4.78, 5) is 2.67. The Bertz CT molecular complexity index is 222. The molecule has 1 aliphatic carbocycles. The molecule has 1 saturated carbocycles. The molecule has 3 heteroatoms. The fourth-order valence-corrected chi connectivity index (χ4v) is 3.49. The number of rotatable bonds is 3. The third-order valence-electron chi connectivity index (χ3n) is 4.10. The maximum absolute atomic E-state index is 5.82. The lowest BCUT2D eigenvalue weighted by molar-refractivity contribution is -0.0851. The second-order valence-electron chi connectivity index (χ2n) is 5.79. The van der Waals surface area contributed by atoms with Gasteiger partial charge in [0.2, 0.25) is 0 Å². The van der Waals surface area contributed by atoms with Crippen molar-refractivity contribution >= 4 is 0 Å². The molecule has 2 fully saturated rings. The smallest absolute Gasteiger partial charge is 0.0678 e. The number of hydrogen-bond acceptors (Lipinski definition) is 3. The molecule has 0 amide bonds. The fourth-order valence-electron chi connectivity index (χ4n) is 3.49. The third-order valence-corrected chi connectivity index (χ3v) is 4.10. The Balaban J connectivity index is 1.87. The van der Waals surface area contributed by atoms with E-state index in [9.17, 15) is 0 Å². The van der Waals surface area contributed by atoms with Gasteiger partial charge in [0.15, 0.2) is 0 Å². The molecular weight excluding hydrogens is 212 g/mol. The van der Waals surface area contributed by atoms with Gasteiger partial charge >= 0.3 is 0 Å². The molecule has 3 nitrogen and oxygen atoms in total. The van der Waals surface area contributed by atoms with Crippen LogP contribution in [0.15, 0.2) is 0 Å². The summed E-state index contributed by atoms with van der Waals surface area (Å²) in [7, 11) is 0. The molecule has 100 valence electrons. The maximum Gasteiger partial charge on any atom is 0.0678 e. The van der Waals surface area contributed by atoms with E-state index in [2.05, 4.69) is 31.0 Å². The lowest BCUT2D eigenvalue weighted by Gasteiger charge is -2.43. The van der Waals surface area contributed by atoms with Crippen LogP contribution in [0.4, 0.5) is 0 Å². The second-order valence-corrected chi connectivity index (χ2v) is 5.79. The largest absolute Gasteiger partial charge is 0.373 e. The molecule has 1 aliphatic heterocycles. The van der Waals surface area contributed by atoms with Crippen LogP contribution in [0, 0.1) is 0 Å². The summed E-state index contributed by atoms with van der Waals surface area (Å²) in [5, 5.41) is 3.62. The lowest BCUT2D eigenvalue weighted by Crippen LogP contribution is -2.52. The van der Waals surface area contributed by atoms with Crippen LogP contribution in [0.2, 0.25) is 0 Å². The first-order valence-electron chi connectivity index (χ1n) is 7.32. The van der Waals surface area contributed by atoms with Crippen molar-refractivity contribution in [1.82, 2.24) is 10.2 Å². The average Bonchev–Trinajstić information content (AvgIpc) is 2.28. The molecule has 0 aromatic carbocycles. The van der Waals surface area contributed by atoms with Crippen LogP contribution in [0.25, 0.3) is 0 Å². The highest BCUT2D eigenvalue weighted by Crippen LogP contribution is 2.25. The first-order chi connectivity index (χ1) is 8.19. The Kier molecular flexibility index (Phi) is 4.83. The van der Waals surface area contributed by atoms with Crippen LogP contribution in [0.1, 0.15) is 46.5 Å². The van der Waals surface area contributed by atoms with Crippen LogP contribution in [0.5, 0.6) is 0 Å². The minimum absolute atomic E-state index is 0.401. The van der Waals surface area contributed by atoms with E-state index in [0.717, 1.165) is 31.7 Å². The Labute approximate surface area is 106 Å². The van der Waals surface area contributed by atoms with E-state index in [1.165, 1.54) is 25.7 Å². The van der Waals surface area contributed by atoms with Gasteiger partial charge < -0.3 is 10.1 Å². The van der Waals surface area contributed by atoms with Gasteiger partial charge in [-0.3, -0.25) is 4.90 Å². The molecule has 1 N–H and O–H groups in total. The van der Waals surface area contributed by atoms with Gasteiger partial charge in [0.1, 0.15) is 0 Å². The van der Waals surface area contributed by atoms with E-state index in [4.69, 9.17) is 4.74 Å². The number of morpholine rings is 1. The quantitative estimate of drug-likeness (QED) is 0.817. The highest BCUT2D eigenvalue weighted by atomic mass is 16.5. The van der Waals surface area contributed by atoms with Gasteiger partial charge in [-0.05, 0) is 39.7 Å². The lowest BCUT2D eigenvalue weighted by atomic mass is 9.89.